The maximum absolute atomic E-state index is 12.8. The van der Waals surface area contributed by atoms with Gasteiger partial charge in [-0.15, -0.1) is 0 Å². The number of rotatable bonds is 46. The van der Waals surface area contributed by atoms with E-state index in [4.69, 9.17) is 14.2 Å². The minimum absolute atomic E-state index is 0.112. The zero-order valence-electron chi connectivity index (χ0n) is 42.0. The van der Waals surface area contributed by atoms with Crippen molar-refractivity contribution in [2.45, 2.75) is 232 Å². The van der Waals surface area contributed by atoms with Crippen LogP contribution in [0.25, 0.3) is 0 Å². The SMILES string of the molecule is CC/C=C\C/C=C\C/C=C\CCCCCCCCCCCC(=O)OCC(COC(=O)C/C=C\C/C=C\C/C=C\CC)OC(=O)CCCCCCCCCCC/C=C\C/C=C\C/C=C\CC. The van der Waals surface area contributed by atoms with Crippen molar-refractivity contribution in [3.63, 3.8) is 0 Å². The van der Waals surface area contributed by atoms with Crippen molar-refractivity contribution in [3.05, 3.63) is 109 Å². The topological polar surface area (TPSA) is 78.9 Å². The normalized spacial score (nSPS) is 13.0. The van der Waals surface area contributed by atoms with Gasteiger partial charge in [-0.25, -0.2) is 0 Å². The molecular formula is C59H96O6. The maximum atomic E-state index is 12.8. The Hall–Kier alpha value is -3.93. The standard InChI is InChI=1S/C59H96O6/c1-4-7-10-13-16-19-21-23-25-27-29-31-33-35-37-40-43-46-49-52-58(61)64-55-56(54-63-57(60)51-48-45-42-39-18-15-12-9-6-3)65-59(62)53-50-47-44-41-38-36-34-32-30-28-26-24-22-20-17-14-11-8-5-2/h7-12,16-20,23-26,39,45,48,56H,4-6,13-15,21-22,27-38,40-44,46-47,49-55H2,1-3H3/b10-7-,11-8-,12-9-,19-16-,20-17-,25-23-,26-24-,39-18-,48-45-. The second-order valence-electron chi connectivity index (χ2n) is 17.0. The molecule has 0 radical (unpaired) electrons. The molecule has 0 aromatic heterocycles. The molecule has 0 aromatic carbocycles. The molecule has 0 rings (SSSR count). The van der Waals surface area contributed by atoms with Crippen LogP contribution in [0.1, 0.15) is 226 Å². The van der Waals surface area contributed by atoms with Gasteiger partial charge in [-0.05, 0) is 96.3 Å². The van der Waals surface area contributed by atoms with Crippen molar-refractivity contribution in [3.8, 4) is 0 Å². The molecular weight excluding hydrogens is 805 g/mol. The quantitative estimate of drug-likeness (QED) is 0.0262. The number of ether oxygens (including phenoxy) is 3. The summed E-state index contributed by atoms with van der Waals surface area (Å²) < 4.78 is 16.7. The van der Waals surface area contributed by atoms with Crippen LogP contribution in [-0.4, -0.2) is 37.2 Å². The van der Waals surface area contributed by atoms with E-state index in [9.17, 15) is 14.4 Å². The fraction of sp³-hybridized carbons (Fsp3) is 0.644. The predicted molar refractivity (Wildman–Crippen MR) is 279 cm³/mol. The van der Waals surface area contributed by atoms with Crippen molar-refractivity contribution in [2.75, 3.05) is 13.2 Å². The second-order valence-corrected chi connectivity index (χ2v) is 17.0. The van der Waals surface area contributed by atoms with E-state index in [1.165, 1.54) is 83.5 Å². The minimum atomic E-state index is -0.819. The number of allylic oxidation sites excluding steroid dienone is 17. The molecule has 0 aliphatic heterocycles. The molecule has 0 aromatic rings. The van der Waals surface area contributed by atoms with Gasteiger partial charge in [0.1, 0.15) is 13.2 Å². The molecule has 0 amide bonds. The van der Waals surface area contributed by atoms with Crippen LogP contribution in [-0.2, 0) is 28.6 Å². The predicted octanol–water partition coefficient (Wildman–Crippen LogP) is 17.5. The summed E-state index contributed by atoms with van der Waals surface area (Å²) in [4.78, 5) is 37.9. The fourth-order valence-corrected chi connectivity index (χ4v) is 6.94. The number of carbonyl (C=O) groups is 3. The average Bonchev–Trinajstić information content (AvgIpc) is 3.30. The molecule has 1 atom stereocenters. The van der Waals surface area contributed by atoms with Crippen LogP contribution >= 0.6 is 0 Å². The molecule has 0 spiro atoms. The molecule has 0 fully saturated rings. The third-order valence-corrected chi connectivity index (χ3v) is 10.8. The number of hydrogen-bond donors (Lipinski definition) is 0. The van der Waals surface area contributed by atoms with Crippen molar-refractivity contribution in [1.82, 2.24) is 0 Å². The Kier molecular flexibility index (Phi) is 49.5. The number of hydrogen-bond acceptors (Lipinski definition) is 6. The molecule has 65 heavy (non-hydrogen) atoms. The van der Waals surface area contributed by atoms with Gasteiger partial charge in [0.05, 0.1) is 6.42 Å². The number of carbonyl (C=O) groups excluding carboxylic acids is 3. The summed E-state index contributed by atoms with van der Waals surface area (Å²) in [5.74, 6) is -1.06. The molecule has 0 aliphatic carbocycles. The monoisotopic (exact) mass is 901 g/mol. The lowest BCUT2D eigenvalue weighted by Crippen LogP contribution is -2.30. The molecule has 0 saturated heterocycles. The molecule has 0 N–H and O–H groups in total. The first-order chi connectivity index (χ1) is 32.0. The number of unbranched alkanes of at least 4 members (excludes halogenated alkanes) is 18. The smallest absolute Gasteiger partial charge is 0.309 e. The van der Waals surface area contributed by atoms with Crippen LogP contribution in [0.4, 0.5) is 0 Å². The first kappa shape index (κ1) is 61.1. The highest BCUT2D eigenvalue weighted by Crippen LogP contribution is 2.14. The van der Waals surface area contributed by atoms with E-state index in [0.29, 0.717) is 12.8 Å². The zero-order valence-corrected chi connectivity index (χ0v) is 42.0. The van der Waals surface area contributed by atoms with E-state index in [0.717, 1.165) is 103 Å². The first-order valence-electron chi connectivity index (χ1n) is 26.4. The van der Waals surface area contributed by atoms with Crippen LogP contribution in [0.3, 0.4) is 0 Å². The van der Waals surface area contributed by atoms with E-state index >= 15 is 0 Å². The van der Waals surface area contributed by atoms with Gasteiger partial charge in [-0.1, -0.05) is 220 Å². The van der Waals surface area contributed by atoms with Gasteiger partial charge in [0.2, 0.25) is 0 Å². The highest BCUT2D eigenvalue weighted by molar-refractivity contribution is 5.72. The summed E-state index contributed by atoms with van der Waals surface area (Å²) in [6.45, 7) is 6.19. The van der Waals surface area contributed by atoms with E-state index in [-0.39, 0.29) is 31.6 Å². The van der Waals surface area contributed by atoms with Crippen molar-refractivity contribution < 1.29 is 28.6 Å². The second kappa shape index (κ2) is 52.7. The first-order valence-corrected chi connectivity index (χ1v) is 26.4. The van der Waals surface area contributed by atoms with Crippen LogP contribution in [0.5, 0.6) is 0 Å². The average molecular weight is 901 g/mol. The van der Waals surface area contributed by atoms with Crippen LogP contribution in [0.15, 0.2) is 109 Å². The third-order valence-electron chi connectivity index (χ3n) is 10.8. The van der Waals surface area contributed by atoms with E-state index < -0.39 is 12.1 Å². The van der Waals surface area contributed by atoms with E-state index in [1.807, 2.05) is 6.08 Å². The molecule has 6 nitrogen and oxygen atoms in total. The molecule has 0 saturated carbocycles. The third kappa shape index (κ3) is 50.9. The van der Waals surface area contributed by atoms with Gasteiger partial charge in [0.25, 0.3) is 0 Å². The maximum Gasteiger partial charge on any atom is 0.309 e. The summed E-state index contributed by atoms with van der Waals surface area (Å²) in [5, 5.41) is 0. The van der Waals surface area contributed by atoms with Crippen molar-refractivity contribution in [1.29, 1.82) is 0 Å². The minimum Gasteiger partial charge on any atom is -0.462 e. The summed E-state index contributed by atoms with van der Waals surface area (Å²) >= 11 is 0. The Labute approximate surface area is 400 Å². The molecule has 368 valence electrons. The largest absolute Gasteiger partial charge is 0.462 e. The van der Waals surface area contributed by atoms with E-state index in [1.54, 1.807) is 6.08 Å². The number of esters is 3. The lowest BCUT2D eigenvalue weighted by atomic mass is 10.1. The highest BCUT2D eigenvalue weighted by Gasteiger charge is 2.19. The van der Waals surface area contributed by atoms with Crippen LogP contribution in [0.2, 0.25) is 0 Å². The van der Waals surface area contributed by atoms with Gasteiger partial charge in [0, 0.05) is 12.8 Å². The Morgan fingerprint density at radius 3 is 1.00 bits per heavy atom. The summed E-state index contributed by atoms with van der Waals surface area (Å²) in [7, 11) is 0. The molecule has 1 unspecified atom stereocenters. The highest BCUT2D eigenvalue weighted by atomic mass is 16.6. The van der Waals surface area contributed by atoms with E-state index in [2.05, 4.69) is 118 Å². The fourth-order valence-electron chi connectivity index (χ4n) is 6.94. The van der Waals surface area contributed by atoms with Gasteiger partial charge >= 0.3 is 17.9 Å². The summed E-state index contributed by atoms with van der Waals surface area (Å²) in [5.41, 5.74) is 0. The lowest BCUT2D eigenvalue weighted by molar-refractivity contribution is -0.166. The zero-order chi connectivity index (χ0) is 47.2. The van der Waals surface area contributed by atoms with Crippen molar-refractivity contribution in [2.24, 2.45) is 0 Å². The van der Waals surface area contributed by atoms with Gasteiger partial charge in [-0.2, -0.15) is 0 Å². The van der Waals surface area contributed by atoms with Crippen LogP contribution < -0.4 is 0 Å². The van der Waals surface area contributed by atoms with Gasteiger partial charge in [-0.3, -0.25) is 14.4 Å². The Bertz CT molecular complexity index is 1360. The molecule has 0 heterocycles. The Morgan fingerprint density at radius 1 is 0.323 bits per heavy atom. The molecule has 6 heteroatoms. The summed E-state index contributed by atoms with van der Waals surface area (Å²) in [6, 6.07) is 0. The van der Waals surface area contributed by atoms with Crippen molar-refractivity contribution >= 4 is 17.9 Å². The summed E-state index contributed by atoms with van der Waals surface area (Å²) in [6.07, 6.45) is 71.1. The van der Waals surface area contributed by atoms with Crippen LogP contribution in [0, 0.1) is 0 Å². The van der Waals surface area contributed by atoms with Gasteiger partial charge < -0.3 is 14.2 Å². The molecule has 0 bridgehead atoms. The lowest BCUT2D eigenvalue weighted by Gasteiger charge is -2.18. The Balaban J connectivity index is 4.36. The molecule has 0 aliphatic rings. The Morgan fingerprint density at radius 2 is 0.615 bits per heavy atom. The van der Waals surface area contributed by atoms with Gasteiger partial charge in [0.15, 0.2) is 6.10 Å².